The van der Waals surface area contributed by atoms with Gasteiger partial charge in [0.15, 0.2) is 5.79 Å². The lowest BCUT2D eigenvalue weighted by Crippen LogP contribution is -2.39. The second-order valence-electron chi connectivity index (χ2n) is 5.39. The van der Waals surface area contributed by atoms with E-state index in [0.29, 0.717) is 13.2 Å². The first-order valence-corrected chi connectivity index (χ1v) is 6.86. The fourth-order valence-electron chi connectivity index (χ4n) is 2.28. The number of benzene rings is 1. The zero-order valence-electron chi connectivity index (χ0n) is 12.0. The topological polar surface area (TPSA) is 73.6 Å². The number of nitrogens with one attached hydrogen (secondary N) is 1. The highest BCUT2D eigenvalue weighted by Gasteiger charge is 2.33. The molecule has 1 fully saturated rings. The first-order valence-electron chi connectivity index (χ1n) is 6.86. The number of hydrogen-bond acceptors (Lipinski definition) is 4. The molecule has 0 radical (unpaired) electrons. The van der Waals surface area contributed by atoms with Crippen molar-refractivity contribution >= 4 is 5.91 Å². The van der Waals surface area contributed by atoms with E-state index in [0.717, 1.165) is 5.56 Å². The van der Waals surface area contributed by atoms with E-state index in [-0.39, 0.29) is 24.5 Å². The molecule has 5 nitrogen and oxygen atoms in total. The first kappa shape index (κ1) is 15.0. The zero-order valence-corrected chi connectivity index (χ0v) is 12.0. The predicted octanol–water partition coefficient (Wildman–Crippen LogP) is 0.997. The van der Waals surface area contributed by atoms with Gasteiger partial charge in [0.2, 0.25) is 5.91 Å². The average Bonchev–Trinajstić information content (AvgIpc) is 2.78. The Bertz CT molecular complexity index is 448. The summed E-state index contributed by atoms with van der Waals surface area (Å²) in [5.74, 6) is -0.971. The van der Waals surface area contributed by atoms with Gasteiger partial charge in [-0.2, -0.15) is 0 Å². The Labute approximate surface area is 119 Å². The van der Waals surface area contributed by atoms with E-state index in [1.807, 2.05) is 44.2 Å². The molecule has 20 heavy (non-hydrogen) atoms. The van der Waals surface area contributed by atoms with Gasteiger partial charge in [0.25, 0.3) is 0 Å². The third-order valence-electron chi connectivity index (χ3n) is 3.33. The van der Waals surface area contributed by atoms with E-state index in [9.17, 15) is 4.79 Å². The molecule has 0 aromatic heterocycles. The smallest absolute Gasteiger partial charge is 0.228 e. The molecule has 1 aromatic carbocycles. The Morgan fingerprint density at radius 1 is 1.45 bits per heavy atom. The van der Waals surface area contributed by atoms with E-state index in [1.54, 1.807) is 0 Å². The molecule has 1 aliphatic heterocycles. The van der Waals surface area contributed by atoms with Gasteiger partial charge in [-0.25, -0.2) is 0 Å². The molecule has 2 atom stereocenters. The van der Waals surface area contributed by atoms with Crippen molar-refractivity contribution in [2.75, 3.05) is 19.7 Å². The summed E-state index contributed by atoms with van der Waals surface area (Å²) in [6, 6.07) is 9.55. The maximum absolute atomic E-state index is 12.2. The van der Waals surface area contributed by atoms with Crippen molar-refractivity contribution in [3.63, 3.8) is 0 Å². The van der Waals surface area contributed by atoms with Crippen LogP contribution in [0.1, 0.15) is 25.3 Å². The van der Waals surface area contributed by atoms with Crippen molar-refractivity contribution in [3.05, 3.63) is 35.9 Å². The molecule has 0 aliphatic carbocycles. The summed E-state index contributed by atoms with van der Waals surface area (Å²) in [4.78, 5) is 12.2. The van der Waals surface area contributed by atoms with Crippen molar-refractivity contribution in [3.8, 4) is 0 Å². The van der Waals surface area contributed by atoms with Crippen molar-refractivity contribution in [2.24, 2.45) is 5.73 Å². The number of rotatable bonds is 5. The van der Waals surface area contributed by atoms with E-state index in [1.165, 1.54) is 0 Å². The number of hydrogen-bond donors (Lipinski definition) is 2. The monoisotopic (exact) mass is 278 g/mol. The Hall–Kier alpha value is -1.43. The normalized spacial score (nSPS) is 22.4. The van der Waals surface area contributed by atoms with Crippen LogP contribution in [0.25, 0.3) is 0 Å². The van der Waals surface area contributed by atoms with Crippen LogP contribution in [0.15, 0.2) is 30.3 Å². The summed E-state index contributed by atoms with van der Waals surface area (Å²) in [5, 5.41) is 2.89. The minimum Gasteiger partial charge on any atom is -0.353 e. The van der Waals surface area contributed by atoms with Gasteiger partial charge in [0.05, 0.1) is 12.5 Å². The largest absolute Gasteiger partial charge is 0.353 e. The quantitative estimate of drug-likeness (QED) is 0.842. The number of ether oxygens (including phenoxy) is 2. The predicted molar refractivity (Wildman–Crippen MR) is 76.2 cm³/mol. The van der Waals surface area contributed by atoms with Gasteiger partial charge in [-0.1, -0.05) is 30.3 Å². The van der Waals surface area contributed by atoms with Crippen LogP contribution in [0.5, 0.6) is 0 Å². The standard InChI is InChI=1S/C15H22N2O3/c1-15(2)19-10-12(20-15)9-17-14(18)13(8-16)11-6-4-3-5-7-11/h3-7,12-13H,8-10,16H2,1-2H3,(H,17,18). The highest BCUT2D eigenvalue weighted by molar-refractivity contribution is 5.83. The summed E-state index contributed by atoms with van der Waals surface area (Å²) in [5.41, 5.74) is 6.64. The molecule has 2 unspecified atom stereocenters. The summed E-state index contributed by atoms with van der Waals surface area (Å²) >= 11 is 0. The molecule has 1 saturated heterocycles. The Morgan fingerprint density at radius 2 is 2.15 bits per heavy atom. The van der Waals surface area contributed by atoms with Gasteiger partial charge in [-0.3, -0.25) is 4.79 Å². The lowest BCUT2D eigenvalue weighted by atomic mass is 9.98. The molecule has 1 aromatic rings. The Morgan fingerprint density at radius 3 is 2.70 bits per heavy atom. The Balaban J connectivity index is 1.88. The maximum Gasteiger partial charge on any atom is 0.228 e. The molecule has 5 heteroatoms. The SMILES string of the molecule is CC1(C)OCC(CNC(=O)C(CN)c2ccccc2)O1. The number of carbonyl (C=O) groups excluding carboxylic acids is 1. The first-order chi connectivity index (χ1) is 9.52. The van der Waals surface area contributed by atoms with E-state index < -0.39 is 5.79 Å². The zero-order chi connectivity index (χ0) is 14.6. The molecule has 1 amide bonds. The van der Waals surface area contributed by atoms with E-state index in [4.69, 9.17) is 15.2 Å². The maximum atomic E-state index is 12.2. The highest BCUT2D eigenvalue weighted by atomic mass is 16.7. The molecule has 0 spiro atoms. The molecule has 110 valence electrons. The van der Waals surface area contributed by atoms with Crippen molar-refractivity contribution in [1.82, 2.24) is 5.32 Å². The number of carbonyl (C=O) groups is 1. The fraction of sp³-hybridized carbons (Fsp3) is 0.533. The molecule has 1 heterocycles. The van der Waals surface area contributed by atoms with Gasteiger partial charge >= 0.3 is 0 Å². The second kappa shape index (κ2) is 6.35. The Kier molecular flexibility index (Phi) is 4.75. The summed E-state index contributed by atoms with van der Waals surface area (Å²) in [7, 11) is 0. The van der Waals surface area contributed by atoms with E-state index >= 15 is 0 Å². The van der Waals surface area contributed by atoms with Crippen LogP contribution in [0.3, 0.4) is 0 Å². The summed E-state index contributed by atoms with van der Waals surface area (Å²) < 4.78 is 11.1. The lowest BCUT2D eigenvalue weighted by Gasteiger charge is -2.19. The third-order valence-corrected chi connectivity index (χ3v) is 3.33. The van der Waals surface area contributed by atoms with Crippen LogP contribution in [-0.4, -0.2) is 37.5 Å². The van der Waals surface area contributed by atoms with Crippen molar-refractivity contribution < 1.29 is 14.3 Å². The molecule has 2 rings (SSSR count). The molecule has 0 bridgehead atoms. The van der Waals surface area contributed by atoms with Gasteiger partial charge in [0.1, 0.15) is 6.10 Å². The molecular weight excluding hydrogens is 256 g/mol. The van der Waals surface area contributed by atoms with E-state index in [2.05, 4.69) is 5.32 Å². The van der Waals surface area contributed by atoms with Gasteiger partial charge in [-0.05, 0) is 19.4 Å². The molecular formula is C15H22N2O3. The molecule has 3 N–H and O–H groups in total. The number of amides is 1. The third kappa shape index (κ3) is 3.79. The van der Waals surface area contributed by atoms with Crippen LogP contribution in [0, 0.1) is 0 Å². The van der Waals surface area contributed by atoms with Crippen molar-refractivity contribution in [2.45, 2.75) is 31.7 Å². The molecule has 1 aliphatic rings. The van der Waals surface area contributed by atoms with Crippen molar-refractivity contribution in [1.29, 1.82) is 0 Å². The highest BCUT2D eigenvalue weighted by Crippen LogP contribution is 2.22. The lowest BCUT2D eigenvalue weighted by molar-refractivity contribution is -0.139. The summed E-state index contributed by atoms with van der Waals surface area (Å²) in [6.07, 6.45) is -0.108. The minimum atomic E-state index is -0.567. The van der Waals surface area contributed by atoms with Crippen LogP contribution in [-0.2, 0) is 14.3 Å². The summed E-state index contributed by atoms with van der Waals surface area (Å²) in [6.45, 7) is 4.93. The fourth-order valence-corrected chi connectivity index (χ4v) is 2.28. The van der Waals surface area contributed by atoms with Gasteiger partial charge < -0.3 is 20.5 Å². The van der Waals surface area contributed by atoms with Crippen LogP contribution in [0.2, 0.25) is 0 Å². The number of nitrogens with two attached hydrogens (primary N) is 1. The molecule has 0 saturated carbocycles. The van der Waals surface area contributed by atoms with Gasteiger partial charge in [0, 0.05) is 13.1 Å². The second-order valence-corrected chi connectivity index (χ2v) is 5.39. The van der Waals surface area contributed by atoms with Crippen LogP contribution in [0.4, 0.5) is 0 Å². The van der Waals surface area contributed by atoms with Gasteiger partial charge in [-0.15, -0.1) is 0 Å². The van der Waals surface area contributed by atoms with Crippen LogP contribution < -0.4 is 11.1 Å². The average molecular weight is 278 g/mol. The minimum absolute atomic E-state index is 0.0768. The van der Waals surface area contributed by atoms with Crippen LogP contribution >= 0.6 is 0 Å².